The number of esters is 1. The van der Waals surface area contributed by atoms with Gasteiger partial charge in [0, 0.05) is 0 Å². The van der Waals surface area contributed by atoms with E-state index in [9.17, 15) is 18.0 Å². The Labute approximate surface area is 201 Å². The zero-order chi connectivity index (χ0) is 25.0. The molecule has 2 aromatic carbocycles. The van der Waals surface area contributed by atoms with Crippen LogP contribution in [0.4, 0.5) is 13.2 Å². The molecule has 1 atom stereocenters. The number of alkyl halides is 3. The standard InChI is InChI=1S/C28H37F3O3/c1-4-6-8-10-20-27(3,28(29,30)31)26(32)34-25-18-14-23(15-19-25)22-12-16-24(17-13-22)33-21-11-9-7-5-2/h12-19H,4-11,20-21H2,1-3H3. The molecule has 1 unspecified atom stereocenters. The van der Waals surface area contributed by atoms with Crippen molar-refractivity contribution in [3.05, 3.63) is 48.5 Å². The van der Waals surface area contributed by atoms with Crippen LogP contribution in [0, 0.1) is 5.41 Å². The van der Waals surface area contributed by atoms with E-state index < -0.39 is 17.6 Å². The highest BCUT2D eigenvalue weighted by atomic mass is 19.4. The van der Waals surface area contributed by atoms with Crippen molar-refractivity contribution in [3.63, 3.8) is 0 Å². The van der Waals surface area contributed by atoms with E-state index >= 15 is 0 Å². The lowest BCUT2D eigenvalue weighted by Crippen LogP contribution is -2.45. The number of carbonyl (C=O) groups excluding carboxylic acids is 1. The number of carbonyl (C=O) groups is 1. The highest BCUT2D eigenvalue weighted by molar-refractivity contribution is 5.80. The molecule has 0 aliphatic heterocycles. The van der Waals surface area contributed by atoms with Gasteiger partial charge in [-0.05, 0) is 55.2 Å². The molecule has 0 aliphatic carbocycles. The summed E-state index contributed by atoms with van der Waals surface area (Å²) in [6.45, 7) is 5.78. The van der Waals surface area contributed by atoms with E-state index in [-0.39, 0.29) is 12.2 Å². The molecule has 0 heterocycles. The van der Waals surface area contributed by atoms with Crippen LogP contribution in [0.3, 0.4) is 0 Å². The van der Waals surface area contributed by atoms with Gasteiger partial charge in [-0.15, -0.1) is 0 Å². The molecule has 0 N–H and O–H groups in total. The lowest BCUT2D eigenvalue weighted by Gasteiger charge is -2.29. The molecule has 188 valence electrons. The van der Waals surface area contributed by atoms with Gasteiger partial charge in [-0.25, -0.2) is 0 Å². The Kier molecular flexibility index (Phi) is 10.9. The Morgan fingerprint density at radius 1 is 0.735 bits per heavy atom. The van der Waals surface area contributed by atoms with Crippen LogP contribution in [0.15, 0.2) is 48.5 Å². The molecule has 2 aromatic rings. The van der Waals surface area contributed by atoms with Gasteiger partial charge in [0.25, 0.3) is 0 Å². The Morgan fingerprint density at radius 3 is 1.74 bits per heavy atom. The van der Waals surface area contributed by atoms with E-state index in [1.54, 1.807) is 12.1 Å². The van der Waals surface area contributed by atoms with Crippen LogP contribution in [0.5, 0.6) is 11.5 Å². The number of hydrogen-bond donors (Lipinski definition) is 0. The van der Waals surface area contributed by atoms with Gasteiger partial charge in [-0.1, -0.05) is 83.1 Å². The summed E-state index contributed by atoms with van der Waals surface area (Å²) < 4.78 is 52.0. The molecule has 0 aromatic heterocycles. The van der Waals surface area contributed by atoms with Crippen LogP contribution in [0.25, 0.3) is 11.1 Å². The average Bonchev–Trinajstić information content (AvgIpc) is 2.82. The van der Waals surface area contributed by atoms with Gasteiger partial charge in [0.2, 0.25) is 0 Å². The minimum atomic E-state index is -4.67. The van der Waals surface area contributed by atoms with E-state index in [4.69, 9.17) is 9.47 Å². The molecule has 0 fully saturated rings. The normalized spacial score (nSPS) is 13.4. The second-order valence-electron chi connectivity index (χ2n) is 8.99. The number of rotatable bonds is 14. The number of unbranched alkanes of at least 4 members (excludes halogenated alkanes) is 6. The van der Waals surface area contributed by atoms with Crippen molar-refractivity contribution in [2.45, 2.75) is 84.7 Å². The van der Waals surface area contributed by atoms with Crippen LogP contribution in [-0.4, -0.2) is 18.8 Å². The molecule has 0 radical (unpaired) electrons. The zero-order valence-corrected chi connectivity index (χ0v) is 20.5. The third kappa shape index (κ3) is 8.07. The minimum absolute atomic E-state index is 0.102. The van der Waals surface area contributed by atoms with Gasteiger partial charge in [0.15, 0.2) is 5.41 Å². The van der Waals surface area contributed by atoms with Crippen molar-refractivity contribution >= 4 is 5.97 Å². The lowest BCUT2D eigenvalue weighted by molar-refractivity contribution is -0.226. The van der Waals surface area contributed by atoms with Gasteiger partial charge in [0.05, 0.1) is 6.61 Å². The molecule has 0 saturated heterocycles. The molecule has 3 nitrogen and oxygen atoms in total. The molecule has 34 heavy (non-hydrogen) atoms. The van der Waals surface area contributed by atoms with Gasteiger partial charge in [0.1, 0.15) is 11.5 Å². The predicted octanol–water partition coefficient (Wildman–Crippen LogP) is 8.76. The second-order valence-corrected chi connectivity index (χ2v) is 8.99. The summed E-state index contributed by atoms with van der Waals surface area (Å²) in [5, 5.41) is 0. The topological polar surface area (TPSA) is 35.5 Å². The number of hydrogen-bond acceptors (Lipinski definition) is 3. The van der Waals surface area contributed by atoms with Gasteiger partial charge in [-0.3, -0.25) is 4.79 Å². The van der Waals surface area contributed by atoms with Crippen LogP contribution < -0.4 is 9.47 Å². The van der Waals surface area contributed by atoms with Gasteiger partial charge in [-0.2, -0.15) is 13.2 Å². The third-order valence-electron chi connectivity index (χ3n) is 6.13. The summed E-state index contributed by atoms with van der Waals surface area (Å²) in [4.78, 5) is 12.5. The second kappa shape index (κ2) is 13.4. The van der Waals surface area contributed by atoms with E-state index in [1.165, 1.54) is 25.0 Å². The first kappa shape index (κ1) is 27.7. The third-order valence-corrected chi connectivity index (χ3v) is 6.13. The van der Waals surface area contributed by atoms with Crippen molar-refractivity contribution in [1.29, 1.82) is 0 Å². The number of halogens is 3. The highest BCUT2D eigenvalue weighted by Crippen LogP contribution is 2.43. The van der Waals surface area contributed by atoms with E-state index in [2.05, 4.69) is 6.92 Å². The quantitative estimate of drug-likeness (QED) is 0.155. The Morgan fingerprint density at radius 2 is 1.24 bits per heavy atom. The van der Waals surface area contributed by atoms with Crippen molar-refractivity contribution in [1.82, 2.24) is 0 Å². The van der Waals surface area contributed by atoms with E-state index in [0.717, 1.165) is 49.5 Å². The largest absolute Gasteiger partial charge is 0.494 e. The van der Waals surface area contributed by atoms with E-state index in [0.29, 0.717) is 19.4 Å². The van der Waals surface area contributed by atoms with Crippen LogP contribution in [-0.2, 0) is 4.79 Å². The van der Waals surface area contributed by atoms with Crippen molar-refractivity contribution in [3.8, 4) is 22.6 Å². The SMILES string of the molecule is CCCCCCOc1ccc(-c2ccc(OC(=O)C(C)(CCCCCC)C(F)(F)F)cc2)cc1. The van der Waals surface area contributed by atoms with Gasteiger partial charge >= 0.3 is 12.1 Å². The monoisotopic (exact) mass is 478 g/mol. The first-order valence-corrected chi connectivity index (χ1v) is 12.3. The average molecular weight is 479 g/mol. The molecular formula is C28H37F3O3. The molecule has 0 spiro atoms. The Bertz CT molecular complexity index is 860. The fraction of sp³-hybridized carbons (Fsp3) is 0.536. The molecule has 0 saturated carbocycles. The summed E-state index contributed by atoms with van der Waals surface area (Å²) in [6.07, 6.45) is 2.38. The molecule has 0 aliphatic rings. The smallest absolute Gasteiger partial charge is 0.404 e. The molecule has 2 rings (SSSR count). The van der Waals surface area contributed by atoms with Crippen LogP contribution in [0.1, 0.15) is 78.6 Å². The Balaban J connectivity index is 1.98. The maximum Gasteiger partial charge on any atom is 0.404 e. The van der Waals surface area contributed by atoms with Crippen molar-refractivity contribution in [2.24, 2.45) is 5.41 Å². The summed E-state index contributed by atoms with van der Waals surface area (Å²) in [5.74, 6) is -0.356. The highest BCUT2D eigenvalue weighted by Gasteiger charge is 2.57. The molecule has 0 bridgehead atoms. The summed E-state index contributed by atoms with van der Waals surface area (Å²) >= 11 is 0. The van der Waals surface area contributed by atoms with E-state index in [1.807, 2.05) is 31.2 Å². The van der Waals surface area contributed by atoms with Crippen LogP contribution in [0.2, 0.25) is 0 Å². The molecular weight excluding hydrogens is 441 g/mol. The Hall–Kier alpha value is -2.50. The maximum atomic E-state index is 13.7. The summed E-state index contributed by atoms with van der Waals surface area (Å²) in [6, 6.07) is 14.2. The number of benzene rings is 2. The van der Waals surface area contributed by atoms with Crippen molar-refractivity contribution < 1.29 is 27.4 Å². The first-order valence-electron chi connectivity index (χ1n) is 12.3. The minimum Gasteiger partial charge on any atom is -0.494 e. The lowest BCUT2D eigenvalue weighted by atomic mass is 9.83. The van der Waals surface area contributed by atoms with Crippen molar-refractivity contribution in [2.75, 3.05) is 6.61 Å². The first-order chi connectivity index (χ1) is 16.2. The fourth-order valence-corrected chi connectivity index (χ4v) is 3.66. The predicted molar refractivity (Wildman–Crippen MR) is 130 cm³/mol. The molecule has 0 amide bonds. The fourth-order valence-electron chi connectivity index (χ4n) is 3.66. The number of ether oxygens (including phenoxy) is 2. The summed E-state index contributed by atoms with van der Waals surface area (Å²) in [5.41, 5.74) is -0.717. The summed E-state index contributed by atoms with van der Waals surface area (Å²) in [7, 11) is 0. The maximum absolute atomic E-state index is 13.7. The van der Waals surface area contributed by atoms with Gasteiger partial charge < -0.3 is 9.47 Å². The molecule has 6 heteroatoms. The van der Waals surface area contributed by atoms with Crippen LogP contribution >= 0.6 is 0 Å². The zero-order valence-electron chi connectivity index (χ0n) is 20.5.